The molecule has 4 rings (SSSR count). The van der Waals surface area contributed by atoms with Crippen molar-refractivity contribution in [2.45, 2.75) is 26.4 Å². The minimum absolute atomic E-state index is 0.0861. The van der Waals surface area contributed by atoms with Crippen molar-refractivity contribution in [2.75, 3.05) is 0 Å². The van der Waals surface area contributed by atoms with Gasteiger partial charge in [-0.2, -0.15) is 5.10 Å². The van der Waals surface area contributed by atoms with Crippen LogP contribution in [0.15, 0.2) is 36.9 Å². The molecule has 0 fully saturated rings. The van der Waals surface area contributed by atoms with Gasteiger partial charge in [-0.05, 0) is 18.1 Å². The molecule has 0 bridgehead atoms. The summed E-state index contributed by atoms with van der Waals surface area (Å²) >= 11 is 0. The van der Waals surface area contributed by atoms with Crippen LogP contribution >= 0.6 is 0 Å². The lowest BCUT2D eigenvalue weighted by molar-refractivity contribution is -0.136. The summed E-state index contributed by atoms with van der Waals surface area (Å²) in [7, 11) is 1.73. The molecule has 4 aromatic rings. The molecular formula is C20H19FN8O3. The van der Waals surface area contributed by atoms with E-state index in [1.807, 2.05) is 6.92 Å². The van der Waals surface area contributed by atoms with Crippen LogP contribution in [-0.4, -0.2) is 50.8 Å². The fourth-order valence-electron chi connectivity index (χ4n) is 3.13. The van der Waals surface area contributed by atoms with Crippen molar-refractivity contribution in [1.29, 1.82) is 0 Å². The van der Waals surface area contributed by atoms with Crippen LogP contribution in [0.2, 0.25) is 0 Å². The fourth-order valence-corrected chi connectivity index (χ4v) is 3.13. The molecule has 0 amide bonds. The molecule has 0 unspecified atom stereocenters. The van der Waals surface area contributed by atoms with Crippen molar-refractivity contribution in [3.63, 3.8) is 0 Å². The smallest absolute Gasteiger partial charge is 0.307 e. The van der Waals surface area contributed by atoms with Gasteiger partial charge in [0.2, 0.25) is 5.88 Å². The van der Waals surface area contributed by atoms with Gasteiger partial charge in [0.15, 0.2) is 11.6 Å². The number of carbonyl (C=O) groups is 1. The highest BCUT2D eigenvalue weighted by Crippen LogP contribution is 2.23. The average Bonchev–Trinajstić information content (AvgIpc) is 3.38. The molecular weight excluding hydrogens is 419 g/mol. The van der Waals surface area contributed by atoms with Crippen molar-refractivity contribution < 1.29 is 19.0 Å². The van der Waals surface area contributed by atoms with E-state index in [0.29, 0.717) is 40.6 Å². The monoisotopic (exact) mass is 438 g/mol. The number of hydrogen-bond donors (Lipinski definition) is 1. The zero-order chi connectivity index (χ0) is 22.7. The van der Waals surface area contributed by atoms with E-state index in [-0.39, 0.29) is 18.9 Å². The highest BCUT2D eigenvalue weighted by Gasteiger charge is 2.17. The van der Waals surface area contributed by atoms with Crippen LogP contribution in [0.3, 0.4) is 0 Å². The van der Waals surface area contributed by atoms with E-state index in [4.69, 9.17) is 9.84 Å². The molecule has 12 heteroatoms. The number of ether oxygens (including phenoxy) is 1. The third-order valence-electron chi connectivity index (χ3n) is 4.70. The standard InChI is InChI=1S/C20H19FN8O3/c1-3-14-12(6-19(30)31)4-5-15(25-14)20-16(28(2)27-26-20)10-32-18-7-17(22-11-23-18)29-9-13(21)8-24-29/h4-5,7-9,11H,3,6,10H2,1-2H3,(H,30,31). The summed E-state index contributed by atoms with van der Waals surface area (Å²) in [5.41, 5.74) is 3.09. The quantitative estimate of drug-likeness (QED) is 0.437. The van der Waals surface area contributed by atoms with E-state index in [1.54, 1.807) is 23.9 Å². The molecule has 4 heterocycles. The largest absolute Gasteiger partial charge is 0.481 e. The molecule has 0 spiro atoms. The number of aliphatic carboxylic acids is 1. The van der Waals surface area contributed by atoms with Gasteiger partial charge in [0.25, 0.3) is 0 Å². The van der Waals surface area contributed by atoms with Crippen molar-refractivity contribution in [2.24, 2.45) is 7.05 Å². The number of aryl methyl sites for hydroxylation is 2. The highest BCUT2D eigenvalue weighted by molar-refractivity contribution is 5.71. The van der Waals surface area contributed by atoms with Gasteiger partial charge in [-0.3, -0.25) is 9.78 Å². The van der Waals surface area contributed by atoms with Crippen LogP contribution in [0.25, 0.3) is 17.2 Å². The number of rotatable bonds is 8. The summed E-state index contributed by atoms with van der Waals surface area (Å²) in [6.45, 7) is 2.00. The Labute approximate surface area is 181 Å². The molecule has 4 aromatic heterocycles. The topological polar surface area (TPSA) is 134 Å². The number of carboxylic acid groups (broad SMARTS) is 1. The van der Waals surface area contributed by atoms with E-state index in [9.17, 15) is 9.18 Å². The lowest BCUT2D eigenvalue weighted by Gasteiger charge is -2.10. The molecule has 1 N–H and O–H groups in total. The second kappa shape index (κ2) is 8.88. The Balaban J connectivity index is 1.57. The number of aromatic nitrogens is 8. The third-order valence-corrected chi connectivity index (χ3v) is 4.70. The first kappa shape index (κ1) is 21.0. The molecule has 11 nitrogen and oxygen atoms in total. The minimum Gasteiger partial charge on any atom is -0.481 e. The molecule has 32 heavy (non-hydrogen) atoms. The summed E-state index contributed by atoms with van der Waals surface area (Å²) in [6.07, 6.45) is 4.06. The Hall–Kier alpha value is -4.22. The van der Waals surface area contributed by atoms with Crippen LogP contribution in [0.4, 0.5) is 4.39 Å². The molecule has 0 aliphatic carbocycles. The first-order chi connectivity index (χ1) is 15.4. The van der Waals surface area contributed by atoms with Crippen molar-refractivity contribution >= 4 is 5.97 Å². The van der Waals surface area contributed by atoms with Crippen molar-refractivity contribution in [3.8, 4) is 23.1 Å². The summed E-state index contributed by atoms with van der Waals surface area (Å²) in [5.74, 6) is -0.780. The van der Waals surface area contributed by atoms with Crippen LogP contribution in [0, 0.1) is 5.82 Å². The second-order valence-electron chi connectivity index (χ2n) is 6.84. The maximum atomic E-state index is 13.2. The number of pyridine rings is 1. The zero-order valence-corrected chi connectivity index (χ0v) is 17.3. The normalized spacial score (nSPS) is 11.0. The fraction of sp³-hybridized carbons (Fsp3) is 0.250. The van der Waals surface area contributed by atoms with Gasteiger partial charge < -0.3 is 9.84 Å². The Morgan fingerprint density at radius 1 is 1.28 bits per heavy atom. The lowest BCUT2D eigenvalue weighted by atomic mass is 10.1. The van der Waals surface area contributed by atoms with E-state index in [2.05, 4.69) is 30.4 Å². The van der Waals surface area contributed by atoms with E-state index < -0.39 is 11.8 Å². The van der Waals surface area contributed by atoms with Crippen LogP contribution in [0.1, 0.15) is 23.9 Å². The molecule has 0 saturated heterocycles. The Kier molecular flexibility index (Phi) is 5.83. The Morgan fingerprint density at radius 2 is 2.12 bits per heavy atom. The molecule has 0 atom stereocenters. The van der Waals surface area contributed by atoms with Gasteiger partial charge >= 0.3 is 5.97 Å². The molecule has 0 aromatic carbocycles. The van der Waals surface area contributed by atoms with Crippen LogP contribution in [-0.2, 0) is 31.3 Å². The summed E-state index contributed by atoms with van der Waals surface area (Å²) in [5, 5.41) is 21.2. The van der Waals surface area contributed by atoms with Crippen molar-refractivity contribution in [1.82, 2.24) is 39.7 Å². The summed E-state index contributed by atoms with van der Waals surface area (Å²) in [4.78, 5) is 23.8. The Morgan fingerprint density at radius 3 is 2.84 bits per heavy atom. The second-order valence-corrected chi connectivity index (χ2v) is 6.84. The molecule has 0 saturated carbocycles. The van der Waals surface area contributed by atoms with Gasteiger partial charge in [-0.1, -0.05) is 18.2 Å². The maximum Gasteiger partial charge on any atom is 0.307 e. The lowest BCUT2D eigenvalue weighted by Crippen LogP contribution is -2.08. The van der Waals surface area contributed by atoms with Crippen LogP contribution in [0.5, 0.6) is 5.88 Å². The number of hydrogen-bond acceptors (Lipinski definition) is 8. The number of halogens is 1. The SMILES string of the molecule is CCc1nc(-c2nnn(C)c2COc2cc(-n3cc(F)cn3)ncn2)ccc1CC(=O)O. The van der Waals surface area contributed by atoms with Gasteiger partial charge in [-0.15, -0.1) is 5.10 Å². The van der Waals surface area contributed by atoms with E-state index in [0.717, 1.165) is 6.20 Å². The van der Waals surface area contributed by atoms with E-state index in [1.165, 1.54) is 23.3 Å². The van der Waals surface area contributed by atoms with Crippen LogP contribution < -0.4 is 4.74 Å². The minimum atomic E-state index is -0.912. The van der Waals surface area contributed by atoms with Gasteiger partial charge in [-0.25, -0.2) is 23.7 Å². The third kappa shape index (κ3) is 4.43. The zero-order valence-electron chi connectivity index (χ0n) is 17.3. The molecule has 0 aliphatic rings. The summed E-state index contributed by atoms with van der Waals surface area (Å²) in [6, 6.07) is 5.00. The van der Waals surface area contributed by atoms with Gasteiger partial charge in [0.1, 0.15) is 24.3 Å². The predicted molar refractivity (Wildman–Crippen MR) is 108 cm³/mol. The predicted octanol–water partition coefficient (Wildman–Crippen LogP) is 1.76. The Bertz CT molecular complexity index is 1270. The van der Waals surface area contributed by atoms with Gasteiger partial charge in [0.05, 0.1) is 24.5 Å². The number of nitrogens with zero attached hydrogens (tertiary/aromatic N) is 8. The maximum absolute atomic E-state index is 13.2. The first-order valence-electron chi connectivity index (χ1n) is 9.69. The average molecular weight is 438 g/mol. The van der Waals surface area contributed by atoms with Crippen molar-refractivity contribution in [3.05, 3.63) is 59.7 Å². The van der Waals surface area contributed by atoms with E-state index >= 15 is 0 Å². The molecule has 0 aliphatic heterocycles. The highest BCUT2D eigenvalue weighted by atomic mass is 19.1. The van der Waals surface area contributed by atoms with Gasteiger partial charge in [0, 0.05) is 18.8 Å². The number of carboxylic acids is 1. The molecule has 164 valence electrons. The summed E-state index contributed by atoms with van der Waals surface area (Å²) < 4.78 is 21.9. The first-order valence-corrected chi connectivity index (χ1v) is 9.69. The molecule has 0 radical (unpaired) electrons.